The lowest BCUT2D eigenvalue weighted by Crippen LogP contribution is -2.28. The fourth-order valence-electron chi connectivity index (χ4n) is 5.69. The van der Waals surface area contributed by atoms with Gasteiger partial charge in [0.25, 0.3) is 40.5 Å². The second-order valence-electron chi connectivity index (χ2n) is 13.1. The highest BCUT2D eigenvalue weighted by Gasteiger charge is 2.37. The number of aliphatic hydroxyl groups is 2. The van der Waals surface area contributed by atoms with Crippen LogP contribution >= 0.6 is 23.2 Å². The maximum absolute atomic E-state index is 14.2. The average Bonchev–Trinajstić information content (AvgIpc) is 3.22. The number of carbonyl (C=O) groups excluding carboxylic acids is 1. The second-order valence-corrected chi connectivity index (χ2v) is 19.3. The lowest BCUT2D eigenvalue weighted by molar-refractivity contribution is 0.106. The highest BCUT2D eigenvalue weighted by atomic mass is 35.5. The lowest BCUT2D eigenvalue weighted by Gasteiger charge is -2.20. The summed E-state index contributed by atoms with van der Waals surface area (Å²) in [6, 6.07) is 6.20. The number of aromatic nitrogens is 6. The number of ketones is 1. The SMILES string of the molecule is Nc1c(N=Nc2cc(Nc3nc(Cl)nc(NCCO)n3)ccc2S(=O)(=O)O)c(S(=O)(=O)O)cc2c1C(=O)/C(=N\Nc1cc(Nc3nc(Cl)nc(NCCO)n3)ccc1S(=O)(=O)O)C(S(=O)(=O)O)=C2. The van der Waals surface area contributed by atoms with Gasteiger partial charge < -0.3 is 37.2 Å². The fourth-order valence-corrected chi connectivity index (χ4v) is 8.57. The topological polar surface area (TPSA) is 476 Å². The van der Waals surface area contributed by atoms with Crippen molar-refractivity contribution in [1.82, 2.24) is 29.9 Å². The summed E-state index contributed by atoms with van der Waals surface area (Å²) in [5.74, 6) is -2.20. The van der Waals surface area contributed by atoms with Crippen LogP contribution in [0.4, 0.5) is 57.9 Å². The molecule has 0 unspecified atom stereocenters. The molecule has 13 N–H and O–H groups in total. The number of fused-ring (bicyclic) bond motifs is 1. The smallest absolute Gasteiger partial charge is 0.296 e. The Morgan fingerprint density at radius 2 is 1.12 bits per heavy atom. The van der Waals surface area contributed by atoms with Crippen LogP contribution in [-0.4, -0.2) is 130 Å². The van der Waals surface area contributed by atoms with Crippen molar-refractivity contribution in [1.29, 1.82) is 0 Å². The number of hydrazone groups is 1. The number of nitrogens with one attached hydrogen (secondary N) is 5. The Hall–Kier alpha value is -6.70. The number of allylic oxidation sites excluding steroid dienone is 1. The van der Waals surface area contributed by atoms with E-state index in [0.29, 0.717) is 12.1 Å². The molecule has 3 aromatic carbocycles. The molecule has 0 saturated heterocycles. The highest BCUT2D eigenvalue weighted by molar-refractivity contribution is 7.91. The van der Waals surface area contributed by atoms with E-state index in [2.05, 4.69) is 71.9 Å². The van der Waals surface area contributed by atoms with E-state index in [-0.39, 0.29) is 72.0 Å². The maximum Gasteiger partial charge on any atom is 0.296 e. The van der Waals surface area contributed by atoms with E-state index >= 15 is 0 Å². The fraction of sp³-hybridized carbons (Fsp3) is 0.125. The van der Waals surface area contributed by atoms with E-state index in [1.165, 1.54) is 0 Å². The molecule has 0 saturated carbocycles. The summed E-state index contributed by atoms with van der Waals surface area (Å²) in [5.41, 5.74) is 2.04. The zero-order chi connectivity index (χ0) is 49.9. The number of nitrogens with zero attached hydrogens (tertiary/aromatic N) is 9. The molecule has 36 heteroatoms. The van der Waals surface area contributed by atoms with Crippen molar-refractivity contribution in [2.45, 2.75) is 14.7 Å². The predicted octanol–water partition coefficient (Wildman–Crippen LogP) is 2.29. The third-order valence-corrected chi connectivity index (χ3v) is 12.3. The Kier molecular flexibility index (Phi) is 14.8. The number of aliphatic hydroxyl groups excluding tert-OH is 2. The minimum atomic E-state index is -5.51. The highest BCUT2D eigenvalue weighted by Crippen LogP contribution is 2.42. The molecule has 360 valence electrons. The molecular formula is C32H29Cl2N15O15S4. The van der Waals surface area contributed by atoms with Gasteiger partial charge in [-0.3, -0.25) is 28.4 Å². The zero-order valence-electron chi connectivity index (χ0n) is 33.3. The van der Waals surface area contributed by atoms with Gasteiger partial charge in [0.15, 0.2) is 5.71 Å². The molecule has 0 aliphatic heterocycles. The summed E-state index contributed by atoms with van der Waals surface area (Å²) in [4.78, 5) is 33.2. The minimum Gasteiger partial charge on any atom is -0.396 e. The van der Waals surface area contributed by atoms with E-state index in [1.807, 2.05) is 0 Å². The van der Waals surface area contributed by atoms with Crippen molar-refractivity contribution in [2.75, 3.05) is 58.7 Å². The van der Waals surface area contributed by atoms with Crippen molar-refractivity contribution in [2.24, 2.45) is 15.3 Å². The monoisotopic (exact) mass is 1060 g/mol. The first-order valence-electron chi connectivity index (χ1n) is 18.0. The Balaban J connectivity index is 1.45. The maximum atomic E-state index is 14.2. The number of nitrogens with two attached hydrogens (primary N) is 1. The van der Waals surface area contributed by atoms with Crippen LogP contribution in [0.3, 0.4) is 0 Å². The molecule has 2 heterocycles. The Bertz CT molecular complexity index is 3440. The molecule has 0 fully saturated rings. The molecule has 2 aromatic heterocycles. The minimum absolute atomic E-state index is 0.0122. The number of azo groups is 1. The van der Waals surface area contributed by atoms with E-state index in [1.54, 1.807) is 0 Å². The van der Waals surface area contributed by atoms with Crippen LogP contribution in [0.25, 0.3) is 6.08 Å². The zero-order valence-corrected chi connectivity index (χ0v) is 38.1. The molecule has 68 heavy (non-hydrogen) atoms. The molecule has 6 rings (SSSR count). The Morgan fingerprint density at radius 1 is 0.618 bits per heavy atom. The number of halogens is 2. The van der Waals surface area contributed by atoms with E-state index in [0.717, 1.165) is 36.4 Å². The summed E-state index contributed by atoms with van der Waals surface area (Å²) in [6.07, 6.45) is 0.497. The van der Waals surface area contributed by atoms with Crippen LogP contribution in [0.5, 0.6) is 0 Å². The molecular weight excluding hydrogens is 1030 g/mol. The van der Waals surface area contributed by atoms with Crippen LogP contribution in [0.2, 0.25) is 10.6 Å². The van der Waals surface area contributed by atoms with Crippen LogP contribution in [0, 0.1) is 0 Å². The van der Waals surface area contributed by atoms with Crippen LogP contribution in [0.1, 0.15) is 15.9 Å². The van der Waals surface area contributed by atoms with Crippen LogP contribution < -0.4 is 32.4 Å². The first kappa shape index (κ1) is 50.7. The number of Topliss-reactive ketones (excluding diaryl/α,β-unsaturated/α-hetero) is 1. The quantitative estimate of drug-likeness (QED) is 0.0259. The van der Waals surface area contributed by atoms with Gasteiger partial charge >= 0.3 is 0 Å². The molecule has 0 atom stereocenters. The van der Waals surface area contributed by atoms with Crippen LogP contribution in [-0.2, 0) is 40.5 Å². The van der Waals surface area contributed by atoms with Crippen molar-refractivity contribution < 1.29 is 66.9 Å². The molecule has 30 nitrogen and oxygen atoms in total. The number of benzene rings is 3. The van der Waals surface area contributed by atoms with Gasteiger partial charge in [-0.15, -0.1) is 10.2 Å². The summed E-state index contributed by atoms with van der Waals surface area (Å²) >= 11 is 11.9. The van der Waals surface area contributed by atoms with Gasteiger partial charge in [-0.25, -0.2) is 0 Å². The molecule has 1 aliphatic carbocycles. The van der Waals surface area contributed by atoms with Crippen molar-refractivity contribution in [3.8, 4) is 0 Å². The Morgan fingerprint density at radius 3 is 1.62 bits per heavy atom. The van der Waals surface area contributed by atoms with E-state index < -0.39 is 105 Å². The summed E-state index contributed by atoms with van der Waals surface area (Å²) < 4.78 is 141. The number of rotatable bonds is 18. The Labute approximate surface area is 391 Å². The van der Waals surface area contributed by atoms with Gasteiger partial charge in [0.05, 0.1) is 30.2 Å². The van der Waals surface area contributed by atoms with Gasteiger partial charge in [0.2, 0.25) is 40.1 Å². The van der Waals surface area contributed by atoms with Crippen molar-refractivity contribution in [3.63, 3.8) is 0 Å². The van der Waals surface area contributed by atoms with Crippen molar-refractivity contribution in [3.05, 3.63) is 69.1 Å². The number of anilines is 8. The average molecular weight is 1060 g/mol. The predicted molar refractivity (Wildman–Crippen MR) is 240 cm³/mol. The first-order valence-corrected chi connectivity index (χ1v) is 24.5. The summed E-state index contributed by atoms with van der Waals surface area (Å²) in [7, 11) is -21.2. The molecule has 0 amide bonds. The van der Waals surface area contributed by atoms with E-state index in [4.69, 9.17) is 39.1 Å². The van der Waals surface area contributed by atoms with Gasteiger partial charge in [0, 0.05) is 24.5 Å². The van der Waals surface area contributed by atoms with Gasteiger partial charge in [-0.2, -0.15) is 68.7 Å². The van der Waals surface area contributed by atoms with Gasteiger partial charge in [-0.05, 0) is 77.3 Å². The molecule has 0 spiro atoms. The van der Waals surface area contributed by atoms with Gasteiger partial charge in [-0.1, -0.05) is 0 Å². The van der Waals surface area contributed by atoms with Crippen LogP contribution in [0.15, 0.2) is 77.4 Å². The molecule has 1 aliphatic rings. The second kappa shape index (κ2) is 19.9. The number of nitrogen functional groups attached to an aromatic ring is 1. The normalized spacial score (nSPS) is 13.9. The molecule has 5 aromatic rings. The standard InChI is InChI=1S/C32H29Cl2N15O15S4/c33-27-40-29(36-5-7-50)44-31(42-27)38-14-1-3-18(65(53,54)55)16(11-14)46-48-24-20(67(59,60)61)9-13-10-21(68(62,63)64)25(26(52)22(13)23(24)35)49-47-17-12-15(2-4-19(17)66(56,57)58)39-32-43-28(34)41-30(45-32)37-6-8-51/h1-4,9-12,47,50-51H,5-8,35H2,(H,53,54,55)(H,56,57,58)(H,59,60,61)(H,62,63,64)(H2,36,38,40,42,44)(H2,37,39,41,43,45)/b48-46?,49-25-. The first-order chi connectivity index (χ1) is 31.8. The third kappa shape index (κ3) is 12.1. The summed E-state index contributed by atoms with van der Waals surface area (Å²) in [5, 5.41) is 39.3. The lowest BCUT2D eigenvalue weighted by atomic mass is 9.92. The number of carbonyl (C=O) groups is 1. The largest absolute Gasteiger partial charge is 0.396 e. The van der Waals surface area contributed by atoms with Crippen molar-refractivity contribution >= 4 is 139 Å². The molecule has 0 bridgehead atoms. The number of hydrogen-bond donors (Lipinski definition) is 12. The number of hydrogen-bond acceptors (Lipinski definition) is 26. The van der Waals surface area contributed by atoms with E-state index in [9.17, 15) is 56.7 Å². The third-order valence-electron chi connectivity index (χ3n) is 8.41. The molecule has 0 radical (unpaired) electrons. The van der Waals surface area contributed by atoms with Gasteiger partial charge in [0.1, 0.15) is 31.0 Å². The summed E-state index contributed by atoms with van der Waals surface area (Å²) in [6.45, 7) is -0.591.